The Bertz CT molecular complexity index is 1180. The molecule has 0 aromatic heterocycles. The number of aliphatic hydroxyl groups excluding tert-OH is 1. The number of methoxy groups -OCH3 is 2. The maximum atomic E-state index is 14.5. The van der Waals surface area contributed by atoms with Crippen LogP contribution in [0.5, 0.6) is 0 Å². The third-order valence-electron chi connectivity index (χ3n) is 11.8. The Morgan fingerprint density at radius 1 is 1.00 bits per heavy atom. The zero-order valence-electron chi connectivity index (χ0n) is 26.0. The molecule has 3 aliphatic carbocycles. The largest absolute Gasteiger partial charge is 0.469 e. The number of fused-ring (bicyclic) bond motifs is 3. The lowest BCUT2D eigenvalue weighted by Gasteiger charge is -2.69. The molecule has 4 rings (SSSR count). The van der Waals surface area contributed by atoms with Gasteiger partial charge in [0, 0.05) is 23.2 Å². The third kappa shape index (κ3) is 3.76. The predicted molar refractivity (Wildman–Crippen MR) is 146 cm³/mol. The summed E-state index contributed by atoms with van der Waals surface area (Å²) in [6, 6.07) is 0. The molecule has 4 aliphatic rings. The highest BCUT2D eigenvalue weighted by Crippen LogP contribution is 2.73. The van der Waals surface area contributed by atoms with E-state index in [9.17, 15) is 29.4 Å². The number of hydrogen-bond acceptors (Lipinski definition) is 10. The molecule has 4 fully saturated rings. The Balaban J connectivity index is 1.91. The Morgan fingerprint density at radius 3 is 2.02 bits per heavy atom. The van der Waals surface area contributed by atoms with Crippen LogP contribution in [0.25, 0.3) is 0 Å². The van der Waals surface area contributed by atoms with Gasteiger partial charge in [0.25, 0.3) is 0 Å². The fourth-order valence-corrected chi connectivity index (χ4v) is 9.40. The van der Waals surface area contributed by atoms with Crippen LogP contribution in [0.3, 0.4) is 0 Å². The molecule has 1 aliphatic heterocycles. The molecule has 10 unspecified atom stereocenters. The Labute approximate surface area is 242 Å². The first-order valence-electron chi connectivity index (χ1n) is 14.3. The molecule has 10 atom stereocenters. The Hall–Kier alpha value is -2.14. The molecule has 3 saturated carbocycles. The van der Waals surface area contributed by atoms with Gasteiger partial charge in [0.05, 0.1) is 37.8 Å². The first-order chi connectivity index (χ1) is 18.7. The number of hydrogen-bond donors (Lipinski definition) is 2. The second-order valence-electron chi connectivity index (χ2n) is 14.1. The minimum atomic E-state index is -2.62. The molecular formula is C31H46O10. The summed E-state index contributed by atoms with van der Waals surface area (Å²) in [7, 11) is 2.20. The maximum absolute atomic E-state index is 14.5. The van der Waals surface area contributed by atoms with Crippen molar-refractivity contribution in [3.63, 3.8) is 0 Å². The van der Waals surface area contributed by atoms with Crippen molar-refractivity contribution in [3.8, 4) is 0 Å². The topological polar surface area (TPSA) is 146 Å². The lowest BCUT2D eigenvalue weighted by molar-refractivity contribution is -0.310. The van der Waals surface area contributed by atoms with E-state index < -0.39 is 80.4 Å². The van der Waals surface area contributed by atoms with Crippen LogP contribution in [0, 0.1) is 39.4 Å². The van der Waals surface area contributed by atoms with Crippen LogP contribution in [-0.4, -0.2) is 77.6 Å². The summed E-state index contributed by atoms with van der Waals surface area (Å²) in [6.45, 7) is 18.0. The van der Waals surface area contributed by atoms with Crippen molar-refractivity contribution >= 4 is 23.5 Å². The van der Waals surface area contributed by atoms with Gasteiger partial charge in [-0.2, -0.15) is 0 Å². The van der Waals surface area contributed by atoms with Crippen molar-refractivity contribution in [1.29, 1.82) is 0 Å². The molecule has 41 heavy (non-hydrogen) atoms. The first-order valence-corrected chi connectivity index (χ1v) is 14.3. The van der Waals surface area contributed by atoms with Crippen molar-refractivity contribution in [2.45, 2.75) is 104 Å². The summed E-state index contributed by atoms with van der Waals surface area (Å²) in [4.78, 5) is 54.7. The monoisotopic (exact) mass is 578 g/mol. The number of rotatable bonds is 4. The number of carbonyl (C=O) groups excluding carboxylic acids is 4. The average Bonchev–Trinajstić information content (AvgIpc) is 3.20. The third-order valence-corrected chi connectivity index (χ3v) is 11.8. The molecule has 10 nitrogen and oxygen atoms in total. The van der Waals surface area contributed by atoms with Crippen molar-refractivity contribution < 1.29 is 48.3 Å². The van der Waals surface area contributed by atoms with Gasteiger partial charge in [0.1, 0.15) is 6.10 Å². The molecular weight excluding hydrogens is 532 g/mol. The summed E-state index contributed by atoms with van der Waals surface area (Å²) in [5.41, 5.74) is -7.31. The van der Waals surface area contributed by atoms with Gasteiger partial charge in [-0.3, -0.25) is 14.4 Å². The molecule has 2 N–H and O–H groups in total. The number of carbonyl (C=O) groups is 4. The fourth-order valence-electron chi connectivity index (χ4n) is 9.40. The standard InChI is InChI=1S/C31H46O10/c1-15-14-18-27(6)12-13-31(40-16(2)17(3)41-31)26(4,5)20(27)19(32)22(33)29(18,8)21(23(34)38-10)28(15,7)24(35)30(9,37)25(36)39-11/h16-18,20-22,33,37H,1,12-14H2,2-11H3. The van der Waals surface area contributed by atoms with Gasteiger partial charge in [0.15, 0.2) is 17.4 Å². The van der Waals surface area contributed by atoms with Crippen LogP contribution in [0.2, 0.25) is 0 Å². The summed E-state index contributed by atoms with van der Waals surface area (Å²) in [5.74, 6) is -7.20. The number of esters is 2. The number of Topliss-reactive ketones (excluding diaryl/α,β-unsaturated/α-hetero) is 2. The van der Waals surface area contributed by atoms with Crippen LogP contribution in [0.1, 0.15) is 74.7 Å². The highest BCUT2D eigenvalue weighted by molar-refractivity contribution is 6.11. The van der Waals surface area contributed by atoms with Crippen LogP contribution in [0.15, 0.2) is 12.2 Å². The molecule has 0 aromatic rings. The molecule has 0 aromatic carbocycles. The molecule has 230 valence electrons. The zero-order valence-corrected chi connectivity index (χ0v) is 26.0. The van der Waals surface area contributed by atoms with Gasteiger partial charge in [-0.25, -0.2) is 4.79 Å². The van der Waals surface area contributed by atoms with E-state index in [1.807, 2.05) is 34.6 Å². The van der Waals surface area contributed by atoms with Gasteiger partial charge < -0.3 is 29.2 Å². The minimum Gasteiger partial charge on any atom is -0.469 e. The van der Waals surface area contributed by atoms with Gasteiger partial charge in [-0.15, -0.1) is 0 Å². The molecule has 1 saturated heterocycles. The van der Waals surface area contributed by atoms with Crippen molar-refractivity contribution in [2.24, 2.45) is 39.4 Å². The first kappa shape index (κ1) is 31.8. The second-order valence-corrected chi connectivity index (χ2v) is 14.1. The quantitative estimate of drug-likeness (QED) is 0.290. The lowest BCUT2D eigenvalue weighted by atomic mass is 9.34. The van der Waals surface area contributed by atoms with E-state index in [1.165, 1.54) is 6.92 Å². The molecule has 0 radical (unpaired) electrons. The normalized spacial score (nSPS) is 46.7. The molecule has 1 heterocycles. The Kier molecular flexibility index (Phi) is 7.31. The van der Waals surface area contributed by atoms with E-state index in [2.05, 4.69) is 11.3 Å². The van der Waals surface area contributed by atoms with Gasteiger partial charge in [0.2, 0.25) is 5.60 Å². The number of aliphatic hydroxyl groups is 2. The highest BCUT2D eigenvalue weighted by atomic mass is 16.8. The zero-order chi connectivity index (χ0) is 31.3. The van der Waals surface area contributed by atoms with E-state index in [0.29, 0.717) is 18.4 Å². The SMILES string of the molecule is C=C1CC2C3(C)CCC4(OC(C)C(C)O4)C(C)(C)C3C(=O)C(O)C2(C)C(C(=O)OC)C1(C)C(=O)C(C)(O)C(=O)OC. The van der Waals surface area contributed by atoms with Gasteiger partial charge >= 0.3 is 11.9 Å². The number of ether oxygens (including phenoxy) is 4. The van der Waals surface area contributed by atoms with Crippen molar-refractivity contribution in [3.05, 3.63) is 12.2 Å². The lowest BCUT2D eigenvalue weighted by Crippen LogP contribution is -2.75. The predicted octanol–water partition coefficient (Wildman–Crippen LogP) is 2.76. The van der Waals surface area contributed by atoms with E-state index in [0.717, 1.165) is 21.1 Å². The van der Waals surface area contributed by atoms with E-state index in [1.54, 1.807) is 6.92 Å². The highest BCUT2D eigenvalue weighted by Gasteiger charge is 2.78. The summed E-state index contributed by atoms with van der Waals surface area (Å²) in [6.07, 6.45) is -0.896. The van der Waals surface area contributed by atoms with E-state index >= 15 is 0 Å². The number of allylic oxidation sites excluding steroid dienone is 1. The average molecular weight is 579 g/mol. The van der Waals surface area contributed by atoms with E-state index in [4.69, 9.17) is 14.2 Å². The van der Waals surface area contributed by atoms with E-state index in [-0.39, 0.29) is 18.6 Å². The maximum Gasteiger partial charge on any atom is 0.345 e. The smallest absolute Gasteiger partial charge is 0.345 e. The fraction of sp³-hybridized carbons (Fsp3) is 0.806. The molecule has 0 bridgehead atoms. The summed E-state index contributed by atoms with van der Waals surface area (Å²) < 4.78 is 22.7. The molecule has 1 spiro atoms. The van der Waals surface area contributed by atoms with Crippen LogP contribution >= 0.6 is 0 Å². The van der Waals surface area contributed by atoms with Crippen LogP contribution in [-0.2, 0) is 38.1 Å². The summed E-state index contributed by atoms with van der Waals surface area (Å²) in [5, 5.41) is 23.0. The van der Waals surface area contributed by atoms with Gasteiger partial charge in [-0.1, -0.05) is 39.8 Å². The van der Waals surface area contributed by atoms with Crippen LogP contribution in [0.4, 0.5) is 0 Å². The van der Waals surface area contributed by atoms with Crippen LogP contribution < -0.4 is 0 Å². The summed E-state index contributed by atoms with van der Waals surface area (Å²) >= 11 is 0. The van der Waals surface area contributed by atoms with Crippen molar-refractivity contribution in [1.82, 2.24) is 0 Å². The minimum absolute atomic E-state index is 0.165. The second kappa shape index (κ2) is 9.43. The molecule has 0 amide bonds. The van der Waals surface area contributed by atoms with Crippen molar-refractivity contribution in [2.75, 3.05) is 14.2 Å². The van der Waals surface area contributed by atoms with Gasteiger partial charge in [-0.05, 0) is 51.9 Å². The Morgan fingerprint density at radius 2 is 1.54 bits per heavy atom. The molecule has 10 heteroatoms. The number of ketones is 2.